The summed E-state index contributed by atoms with van der Waals surface area (Å²) < 4.78 is 0. The van der Waals surface area contributed by atoms with Gasteiger partial charge < -0.3 is 5.73 Å². The molecule has 18 heavy (non-hydrogen) atoms. The number of nitrogens with zero attached hydrogens (tertiary/aromatic N) is 2. The molecule has 0 amide bonds. The first-order valence-corrected chi connectivity index (χ1v) is 8.69. The smallest absolute Gasteiger partial charge is 0.0351 e. The van der Waals surface area contributed by atoms with Crippen molar-refractivity contribution in [2.75, 3.05) is 37.7 Å². The fourth-order valence-corrected chi connectivity index (χ4v) is 5.46. The summed E-state index contributed by atoms with van der Waals surface area (Å²) in [6.45, 7) is 7.12. The van der Waals surface area contributed by atoms with Crippen LogP contribution in [-0.4, -0.2) is 65.1 Å². The Morgan fingerprint density at radius 1 is 1.28 bits per heavy atom. The van der Waals surface area contributed by atoms with Gasteiger partial charge >= 0.3 is 0 Å². The van der Waals surface area contributed by atoms with E-state index in [-0.39, 0.29) is 0 Å². The van der Waals surface area contributed by atoms with Crippen LogP contribution in [0.4, 0.5) is 0 Å². The summed E-state index contributed by atoms with van der Waals surface area (Å²) >= 11 is 2.10. The number of rotatable bonds is 2. The third-order valence-electron chi connectivity index (χ3n) is 5.35. The highest BCUT2D eigenvalue weighted by atomic mass is 32.2. The van der Waals surface area contributed by atoms with Gasteiger partial charge in [0.2, 0.25) is 0 Å². The molecule has 2 unspecified atom stereocenters. The van der Waals surface area contributed by atoms with Crippen LogP contribution in [0.25, 0.3) is 0 Å². The Morgan fingerprint density at radius 3 is 2.78 bits per heavy atom. The molecule has 0 aromatic rings. The maximum absolute atomic E-state index is 6.20. The van der Waals surface area contributed by atoms with Crippen molar-refractivity contribution in [2.45, 2.75) is 50.2 Å². The molecule has 3 rings (SSSR count). The lowest BCUT2D eigenvalue weighted by Crippen LogP contribution is -2.66. The summed E-state index contributed by atoms with van der Waals surface area (Å²) in [6, 6.07) is 1.50. The van der Waals surface area contributed by atoms with Crippen molar-refractivity contribution in [3.05, 3.63) is 0 Å². The van der Waals surface area contributed by atoms with E-state index in [1.165, 1.54) is 56.8 Å². The third kappa shape index (κ3) is 2.21. The average molecular weight is 269 g/mol. The molecule has 2 N–H and O–H groups in total. The highest BCUT2D eigenvalue weighted by Crippen LogP contribution is 2.36. The Bertz CT molecular complexity index is 291. The van der Waals surface area contributed by atoms with E-state index >= 15 is 0 Å². The lowest BCUT2D eigenvalue weighted by atomic mass is 9.87. The van der Waals surface area contributed by atoms with Crippen LogP contribution in [-0.2, 0) is 0 Å². The normalized spacial score (nSPS) is 37.7. The molecule has 2 atom stereocenters. The predicted molar refractivity (Wildman–Crippen MR) is 79.1 cm³/mol. The molecule has 0 radical (unpaired) electrons. The Balaban J connectivity index is 1.76. The van der Waals surface area contributed by atoms with Gasteiger partial charge in [0.25, 0.3) is 0 Å². The van der Waals surface area contributed by atoms with Gasteiger partial charge in [0, 0.05) is 37.3 Å². The minimum atomic E-state index is 0.319. The van der Waals surface area contributed by atoms with Crippen molar-refractivity contribution in [1.82, 2.24) is 9.80 Å². The predicted octanol–water partition coefficient (Wildman–Crippen LogP) is 1.38. The van der Waals surface area contributed by atoms with E-state index in [1.54, 1.807) is 0 Å². The molecule has 3 saturated heterocycles. The van der Waals surface area contributed by atoms with Crippen molar-refractivity contribution in [1.29, 1.82) is 0 Å². The first-order valence-electron chi connectivity index (χ1n) is 7.54. The van der Waals surface area contributed by atoms with Crippen LogP contribution in [0.2, 0.25) is 0 Å². The molecule has 0 spiro atoms. The SMILES string of the molecule is CC1CN2CCCC2CN1C1(CN)CCSCC1. The topological polar surface area (TPSA) is 32.5 Å². The number of fused-ring (bicyclic) bond motifs is 1. The minimum absolute atomic E-state index is 0.319. The van der Waals surface area contributed by atoms with Gasteiger partial charge in [-0.05, 0) is 50.7 Å². The fraction of sp³-hybridized carbons (Fsp3) is 1.00. The van der Waals surface area contributed by atoms with E-state index in [2.05, 4.69) is 28.5 Å². The van der Waals surface area contributed by atoms with E-state index in [9.17, 15) is 0 Å². The molecule has 3 heterocycles. The summed E-state index contributed by atoms with van der Waals surface area (Å²) in [5, 5.41) is 0. The number of piperazine rings is 1. The van der Waals surface area contributed by atoms with Crippen molar-refractivity contribution in [3.8, 4) is 0 Å². The van der Waals surface area contributed by atoms with Crippen LogP contribution in [0.3, 0.4) is 0 Å². The molecule has 0 bridgehead atoms. The lowest BCUT2D eigenvalue weighted by Gasteiger charge is -2.53. The molecule has 0 aromatic heterocycles. The molecule has 3 fully saturated rings. The van der Waals surface area contributed by atoms with E-state index in [4.69, 9.17) is 5.73 Å². The van der Waals surface area contributed by atoms with Crippen molar-refractivity contribution in [3.63, 3.8) is 0 Å². The van der Waals surface area contributed by atoms with Gasteiger partial charge in [0.05, 0.1) is 0 Å². The summed E-state index contributed by atoms with van der Waals surface area (Å²) in [7, 11) is 0. The van der Waals surface area contributed by atoms with Crippen molar-refractivity contribution < 1.29 is 0 Å². The number of thioether (sulfide) groups is 1. The Hall–Kier alpha value is 0.230. The molecular weight excluding hydrogens is 242 g/mol. The molecule has 3 aliphatic heterocycles. The van der Waals surface area contributed by atoms with Crippen LogP contribution < -0.4 is 5.73 Å². The molecule has 0 aliphatic carbocycles. The van der Waals surface area contributed by atoms with E-state index in [0.717, 1.165) is 12.6 Å². The lowest BCUT2D eigenvalue weighted by molar-refractivity contribution is -0.0247. The highest BCUT2D eigenvalue weighted by molar-refractivity contribution is 7.99. The molecule has 0 saturated carbocycles. The van der Waals surface area contributed by atoms with Gasteiger partial charge in [-0.2, -0.15) is 11.8 Å². The van der Waals surface area contributed by atoms with Gasteiger partial charge in [-0.25, -0.2) is 0 Å². The first-order chi connectivity index (χ1) is 8.75. The zero-order chi connectivity index (χ0) is 12.6. The van der Waals surface area contributed by atoms with Crippen molar-refractivity contribution >= 4 is 11.8 Å². The zero-order valence-corrected chi connectivity index (χ0v) is 12.4. The number of hydrogen-bond acceptors (Lipinski definition) is 4. The van der Waals surface area contributed by atoms with Gasteiger partial charge in [0.15, 0.2) is 0 Å². The van der Waals surface area contributed by atoms with Gasteiger partial charge in [0.1, 0.15) is 0 Å². The van der Waals surface area contributed by atoms with Crippen LogP contribution >= 0.6 is 11.8 Å². The van der Waals surface area contributed by atoms with Crippen LogP contribution in [0.5, 0.6) is 0 Å². The monoisotopic (exact) mass is 269 g/mol. The molecule has 3 aliphatic rings. The molecule has 0 aromatic carbocycles. The van der Waals surface area contributed by atoms with Gasteiger partial charge in [-0.1, -0.05) is 0 Å². The standard InChI is InChI=1S/C14H27N3S/c1-12-9-16-6-2-3-13(16)10-17(12)14(11-15)4-7-18-8-5-14/h12-13H,2-11,15H2,1H3. The van der Waals surface area contributed by atoms with E-state index < -0.39 is 0 Å². The van der Waals surface area contributed by atoms with E-state index in [0.29, 0.717) is 11.6 Å². The molecular formula is C14H27N3S. The Kier molecular flexibility index (Phi) is 3.90. The summed E-state index contributed by atoms with van der Waals surface area (Å²) in [4.78, 5) is 5.50. The second-order valence-corrected chi connectivity index (χ2v) is 7.56. The first kappa shape index (κ1) is 13.2. The van der Waals surface area contributed by atoms with Gasteiger partial charge in [-0.15, -0.1) is 0 Å². The summed E-state index contributed by atoms with van der Waals surface area (Å²) in [5.41, 5.74) is 6.52. The molecule has 3 nitrogen and oxygen atoms in total. The third-order valence-corrected chi connectivity index (χ3v) is 6.34. The average Bonchev–Trinajstić information content (AvgIpc) is 2.85. The second-order valence-electron chi connectivity index (χ2n) is 6.33. The molecule has 4 heteroatoms. The number of nitrogens with two attached hydrogens (primary N) is 1. The quantitative estimate of drug-likeness (QED) is 0.821. The zero-order valence-electron chi connectivity index (χ0n) is 11.6. The number of hydrogen-bond donors (Lipinski definition) is 1. The minimum Gasteiger partial charge on any atom is -0.329 e. The maximum Gasteiger partial charge on any atom is 0.0351 e. The van der Waals surface area contributed by atoms with Crippen LogP contribution in [0, 0.1) is 0 Å². The highest BCUT2D eigenvalue weighted by Gasteiger charge is 2.44. The summed E-state index contributed by atoms with van der Waals surface area (Å²) in [6.07, 6.45) is 5.39. The largest absolute Gasteiger partial charge is 0.329 e. The Morgan fingerprint density at radius 2 is 2.06 bits per heavy atom. The summed E-state index contributed by atoms with van der Waals surface area (Å²) in [5.74, 6) is 2.60. The molecule has 104 valence electrons. The second kappa shape index (κ2) is 5.31. The van der Waals surface area contributed by atoms with Crippen LogP contribution in [0.1, 0.15) is 32.6 Å². The fourth-order valence-electron chi connectivity index (χ4n) is 4.21. The van der Waals surface area contributed by atoms with Gasteiger partial charge in [-0.3, -0.25) is 9.80 Å². The van der Waals surface area contributed by atoms with E-state index in [1.807, 2.05) is 0 Å². The Labute approximate surface area is 115 Å². The maximum atomic E-state index is 6.20. The van der Waals surface area contributed by atoms with Crippen LogP contribution in [0.15, 0.2) is 0 Å². The van der Waals surface area contributed by atoms with Crippen molar-refractivity contribution in [2.24, 2.45) is 5.73 Å².